The normalized spacial score (nSPS) is 18.8. The zero-order valence-electron chi connectivity index (χ0n) is 18.3. The fraction of sp³-hybridized carbons (Fsp3) is 0.833. The molecule has 4 heteroatoms. The van der Waals surface area contributed by atoms with Crippen molar-refractivity contribution in [3.63, 3.8) is 0 Å². The predicted molar refractivity (Wildman–Crippen MR) is 114 cm³/mol. The minimum absolute atomic E-state index is 0.237. The maximum atomic E-state index is 12.5. The van der Waals surface area contributed by atoms with Crippen molar-refractivity contribution in [1.82, 2.24) is 0 Å². The van der Waals surface area contributed by atoms with E-state index in [0.717, 1.165) is 32.1 Å². The Labute approximate surface area is 172 Å². The number of hydrogen-bond acceptors (Lipinski definition) is 4. The number of hydrogen-bond donors (Lipinski definition) is 0. The van der Waals surface area contributed by atoms with E-state index >= 15 is 0 Å². The Morgan fingerprint density at radius 3 is 1.46 bits per heavy atom. The molecule has 0 fully saturated rings. The van der Waals surface area contributed by atoms with Gasteiger partial charge in [-0.3, -0.25) is 9.59 Å². The van der Waals surface area contributed by atoms with Gasteiger partial charge in [-0.15, -0.1) is 0 Å². The van der Waals surface area contributed by atoms with Gasteiger partial charge in [-0.1, -0.05) is 90.2 Å². The number of ether oxygens (including phenoxy) is 2. The lowest BCUT2D eigenvalue weighted by Crippen LogP contribution is -2.34. The van der Waals surface area contributed by atoms with Crippen molar-refractivity contribution < 1.29 is 19.1 Å². The number of allylic oxidation sites excluding steroid dienone is 2. The summed E-state index contributed by atoms with van der Waals surface area (Å²) in [5.74, 6) is -1.26. The molecule has 0 saturated heterocycles. The first kappa shape index (κ1) is 24.7. The molecule has 0 aromatic rings. The van der Waals surface area contributed by atoms with Gasteiger partial charge in [-0.05, 0) is 25.7 Å². The van der Waals surface area contributed by atoms with Crippen LogP contribution in [0.25, 0.3) is 0 Å². The van der Waals surface area contributed by atoms with E-state index in [4.69, 9.17) is 9.47 Å². The summed E-state index contributed by atoms with van der Waals surface area (Å²) in [4.78, 5) is 24.8. The van der Waals surface area contributed by atoms with Crippen LogP contribution in [-0.2, 0) is 19.1 Å². The molecule has 162 valence electrons. The lowest BCUT2D eigenvalue weighted by molar-refractivity contribution is -0.161. The van der Waals surface area contributed by atoms with E-state index in [0.29, 0.717) is 26.1 Å². The van der Waals surface area contributed by atoms with E-state index in [1.807, 2.05) is 12.2 Å². The highest BCUT2D eigenvalue weighted by Crippen LogP contribution is 2.28. The molecule has 2 unspecified atom stereocenters. The van der Waals surface area contributed by atoms with E-state index in [9.17, 15) is 9.59 Å². The van der Waals surface area contributed by atoms with Gasteiger partial charge < -0.3 is 9.47 Å². The number of carbonyl (C=O) groups excluding carboxylic acids is 2. The predicted octanol–water partition coefficient (Wildman–Crippen LogP) is 6.38. The lowest BCUT2D eigenvalue weighted by Gasteiger charge is -2.25. The van der Waals surface area contributed by atoms with Gasteiger partial charge in [0, 0.05) is 0 Å². The second-order valence-corrected chi connectivity index (χ2v) is 8.03. The Morgan fingerprint density at radius 2 is 1.00 bits per heavy atom. The highest BCUT2D eigenvalue weighted by Gasteiger charge is 2.36. The topological polar surface area (TPSA) is 52.6 Å². The highest BCUT2D eigenvalue weighted by molar-refractivity contribution is 5.82. The molecule has 0 heterocycles. The van der Waals surface area contributed by atoms with Crippen LogP contribution in [0.3, 0.4) is 0 Å². The van der Waals surface area contributed by atoms with Crippen LogP contribution in [0.15, 0.2) is 12.2 Å². The quantitative estimate of drug-likeness (QED) is 0.173. The largest absolute Gasteiger partial charge is 0.465 e. The van der Waals surface area contributed by atoms with Crippen LogP contribution in [0, 0.1) is 11.8 Å². The van der Waals surface area contributed by atoms with Gasteiger partial charge in [-0.2, -0.15) is 0 Å². The van der Waals surface area contributed by atoms with Crippen molar-refractivity contribution in [3.05, 3.63) is 12.2 Å². The summed E-state index contributed by atoms with van der Waals surface area (Å²) in [5.41, 5.74) is 0. The average Bonchev–Trinajstić information content (AvgIpc) is 2.72. The first-order valence-electron chi connectivity index (χ1n) is 11.7. The van der Waals surface area contributed by atoms with Crippen LogP contribution < -0.4 is 0 Å². The maximum Gasteiger partial charge on any atom is 0.310 e. The lowest BCUT2D eigenvalue weighted by atomic mass is 9.83. The Morgan fingerprint density at radius 1 is 0.643 bits per heavy atom. The van der Waals surface area contributed by atoms with E-state index in [2.05, 4.69) is 13.8 Å². The maximum absolute atomic E-state index is 12.5. The van der Waals surface area contributed by atoms with Gasteiger partial charge in [0.1, 0.15) is 0 Å². The molecule has 0 radical (unpaired) electrons. The van der Waals surface area contributed by atoms with Crippen LogP contribution in [-0.4, -0.2) is 25.2 Å². The summed E-state index contributed by atoms with van der Waals surface area (Å²) >= 11 is 0. The monoisotopic (exact) mass is 394 g/mol. The van der Waals surface area contributed by atoms with Crippen molar-refractivity contribution in [2.45, 2.75) is 104 Å². The SMILES string of the molecule is CCCCCCCCCCCOC(=O)C1CC=CCC1C(=O)OCCCCC. The first-order chi connectivity index (χ1) is 13.7. The van der Waals surface area contributed by atoms with Crippen LogP contribution in [0.5, 0.6) is 0 Å². The standard InChI is InChI=1S/C24H42O4/c1-3-5-7-8-9-10-11-12-16-20-28-24(26)22-18-14-13-17-21(22)23(25)27-19-15-6-4-2/h13-14,21-22H,3-12,15-20H2,1-2H3. The molecule has 0 bridgehead atoms. The van der Waals surface area contributed by atoms with Crippen molar-refractivity contribution >= 4 is 11.9 Å². The van der Waals surface area contributed by atoms with Gasteiger partial charge in [-0.25, -0.2) is 0 Å². The third-order valence-corrected chi connectivity index (χ3v) is 5.52. The third kappa shape index (κ3) is 10.9. The molecule has 4 nitrogen and oxygen atoms in total. The minimum Gasteiger partial charge on any atom is -0.465 e. The Kier molecular flexibility index (Phi) is 14.7. The third-order valence-electron chi connectivity index (χ3n) is 5.52. The molecular formula is C24H42O4. The summed E-state index contributed by atoms with van der Waals surface area (Å²) in [6.07, 6.45) is 19.3. The van der Waals surface area contributed by atoms with Crippen molar-refractivity contribution in [1.29, 1.82) is 0 Å². The molecule has 0 N–H and O–H groups in total. The number of rotatable bonds is 16. The van der Waals surface area contributed by atoms with Gasteiger partial charge in [0.05, 0.1) is 25.0 Å². The summed E-state index contributed by atoms with van der Waals surface area (Å²) in [7, 11) is 0. The molecule has 0 aromatic heterocycles. The molecule has 1 rings (SSSR count). The molecule has 0 amide bonds. The first-order valence-corrected chi connectivity index (χ1v) is 11.7. The van der Waals surface area contributed by atoms with E-state index in [-0.39, 0.29) is 23.8 Å². The van der Waals surface area contributed by atoms with Crippen molar-refractivity contribution in [2.75, 3.05) is 13.2 Å². The number of unbranched alkanes of at least 4 members (excludes halogenated alkanes) is 10. The molecule has 1 aliphatic rings. The Hall–Kier alpha value is -1.32. The molecule has 2 atom stereocenters. The van der Waals surface area contributed by atoms with Gasteiger partial charge >= 0.3 is 11.9 Å². The molecule has 0 aliphatic heterocycles. The fourth-order valence-electron chi connectivity index (χ4n) is 3.66. The second-order valence-electron chi connectivity index (χ2n) is 8.03. The zero-order chi connectivity index (χ0) is 20.5. The number of esters is 2. The molecule has 0 saturated carbocycles. The summed E-state index contributed by atoms with van der Waals surface area (Å²) in [5, 5.41) is 0. The van der Waals surface area contributed by atoms with Gasteiger partial charge in [0.25, 0.3) is 0 Å². The van der Waals surface area contributed by atoms with E-state index in [1.165, 1.54) is 44.9 Å². The van der Waals surface area contributed by atoms with E-state index < -0.39 is 0 Å². The van der Waals surface area contributed by atoms with Crippen LogP contribution >= 0.6 is 0 Å². The summed E-state index contributed by atoms with van der Waals surface area (Å²) in [6.45, 7) is 5.28. The minimum atomic E-state index is -0.387. The van der Waals surface area contributed by atoms with Gasteiger partial charge in [0.15, 0.2) is 0 Å². The van der Waals surface area contributed by atoms with Crippen molar-refractivity contribution in [3.8, 4) is 0 Å². The second kappa shape index (κ2) is 16.6. The van der Waals surface area contributed by atoms with Crippen LogP contribution in [0.1, 0.15) is 104 Å². The molecule has 28 heavy (non-hydrogen) atoms. The fourth-order valence-corrected chi connectivity index (χ4v) is 3.66. The average molecular weight is 395 g/mol. The molecule has 0 spiro atoms. The van der Waals surface area contributed by atoms with Crippen molar-refractivity contribution in [2.24, 2.45) is 11.8 Å². The van der Waals surface area contributed by atoms with E-state index in [1.54, 1.807) is 0 Å². The van der Waals surface area contributed by atoms with Crippen LogP contribution in [0.2, 0.25) is 0 Å². The molecular weight excluding hydrogens is 352 g/mol. The summed E-state index contributed by atoms with van der Waals surface area (Å²) < 4.78 is 10.9. The zero-order valence-corrected chi connectivity index (χ0v) is 18.3. The highest BCUT2D eigenvalue weighted by atomic mass is 16.5. The number of carbonyl (C=O) groups is 2. The molecule has 1 aliphatic carbocycles. The molecule has 0 aromatic carbocycles. The Balaban J connectivity index is 2.18. The summed E-state index contributed by atoms with van der Waals surface area (Å²) in [6, 6.07) is 0. The van der Waals surface area contributed by atoms with Crippen LogP contribution in [0.4, 0.5) is 0 Å². The van der Waals surface area contributed by atoms with Gasteiger partial charge in [0.2, 0.25) is 0 Å². The smallest absolute Gasteiger partial charge is 0.310 e. The Bertz CT molecular complexity index is 444.